The molecule has 25 heavy (non-hydrogen) atoms. The molecule has 6 atom stereocenters. The van der Waals surface area contributed by atoms with Crippen molar-refractivity contribution >= 4 is 5.97 Å². The van der Waals surface area contributed by atoms with Crippen molar-refractivity contribution in [3.63, 3.8) is 0 Å². The fraction of sp³-hybridized carbons (Fsp3) is 0.762. The largest absolute Gasteiger partial charge is 0.428 e. The van der Waals surface area contributed by atoms with Crippen LogP contribution in [0.1, 0.15) is 59.8 Å². The van der Waals surface area contributed by atoms with Gasteiger partial charge in [0.15, 0.2) is 0 Å². The zero-order valence-electron chi connectivity index (χ0n) is 16.2. The second-order valence-corrected chi connectivity index (χ2v) is 8.75. The lowest BCUT2D eigenvalue weighted by atomic mass is 9.46. The summed E-state index contributed by atoms with van der Waals surface area (Å²) in [6.45, 7) is 9.32. The van der Waals surface area contributed by atoms with Crippen molar-refractivity contribution in [3.05, 3.63) is 23.3 Å². The predicted molar refractivity (Wildman–Crippen MR) is 96.7 cm³/mol. The molecule has 0 aromatic heterocycles. The fourth-order valence-electron chi connectivity index (χ4n) is 5.64. The lowest BCUT2D eigenvalue weighted by Crippen LogP contribution is -2.51. The van der Waals surface area contributed by atoms with Crippen LogP contribution in [0.2, 0.25) is 0 Å². The molecule has 1 unspecified atom stereocenters. The molecule has 1 saturated carbocycles. The number of hydrogen-bond acceptors (Lipinski definition) is 4. The van der Waals surface area contributed by atoms with E-state index in [1.165, 1.54) is 38.0 Å². The SMILES string of the molecule is COC1OC(=O)C=C1[C@@H](O)C[C@@]1(C)[C@H](C)CC[C@@]2(C)C(C)=CCC[C@H]12. The van der Waals surface area contributed by atoms with Gasteiger partial charge in [-0.2, -0.15) is 0 Å². The molecule has 4 heteroatoms. The van der Waals surface area contributed by atoms with Crippen molar-refractivity contribution in [1.29, 1.82) is 0 Å². The van der Waals surface area contributed by atoms with Gasteiger partial charge in [0.1, 0.15) is 0 Å². The number of aliphatic hydroxyl groups is 1. The van der Waals surface area contributed by atoms with Crippen LogP contribution in [0.3, 0.4) is 0 Å². The van der Waals surface area contributed by atoms with Gasteiger partial charge in [-0.3, -0.25) is 0 Å². The standard InChI is InChI=1S/C21H32O4/c1-13-7-6-8-17-20(13,3)10-9-14(2)21(17,4)12-16(22)15-11-18(23)25-19(15)24-5/h7,11,14,16-17,19,22H,6,8-10,12H2,1-5H3/t14-,16+,17+,19?,20+,21+/m1/s1. The molecule has 0 amide bonds. The molecule has 0 bridgehead atoms. The van der Waals surface area contributed by atoms with E-state index in [0.29, 0.717) is 23.8 Å². The molecule has 3 rings (SSSR count). The molecule has 0 saturated heterocycles. The topological polar surface area (TPSA) is 55.8 Å². The van der Waals surface area contributed by atoms with E-state index in [2.05, 4.69) is 33.8 Å². The van der Waals surface area contributed by atoms with Gasteiger partial charge in [0.25, 0.3) is 0 Å². The number of rotatable bonds is 4. The minimum atomic E-state index is -0.746. The van der Waals surface area contributed by atoms with Gasteiger partial charge in [0.2, 0.25) is 6.29 Å². The summed E-state index contributed by atoms with van der Waals surface area (Å²) in [4.78, 5) is 11.6. The molecule has 1 aliphatic heterocycles. The third-order valence-electron chi connectivity index (χ3n) is 7.61. The van der Waals surface area contributed by atoms with Crippen molar-refractivity contribution < 1.29 is 19.4 Å². The van der Waals surface area contributed by atoms with Crippen molar-refractivity contribution in [2.75, 3.05) is 7.11 Å². The lowest BCUT2D eigenvalue weighted by molar-refractivity contribution is -0.156. The molecule has 1 fully saturated rings. The Morgan fingerprint density at radius 1 is 1.40 bits per heavy atom. The molecule has 0 spiro atoms. The highest BCUT2D eigenvalue weighted by atomic mass is 16.7. The van der Waals surface area contributed by atoms with Crippen LogP contribution in [0.15, 0.2) is 23.3 Å². The fourth-order valence-corrected chi connectivity index (χ4v) is 5.64. The highest BCUT2D eigenvalue weighted by Crippen LogP contribution is 2.62. The number of methoxy groups -OCH3 is 1. The Balaban J connectivity index is 1.87. The van der Waals surface area contributed by atoms with Gasteiger partial charge in [-0.1, -0.05) is 32.4 Å². The second-order valence-electron chi connectivity index (χ2n) is 8.75. The van der Waals surface area contributed by atoms with E-state index in [0.717, 1.165) is 6.42 Å². The van der Waals surface area contributed by atoms with E-state index in [1.807, 2.05) is 0 Å². The summed E-state index contributed by atoms with van der Waals surface area (Å²) in [7, 11) is 1.50. The summed E-state index contributed by atoms with van der Waals surface area (Å²) in [5.74, 6) is 0.651. The molecule has 0 aromatic carbocycles. The third kappa shape index (κ3) is 2.97. The Kier molecular flexibility index (Phi) is 4.89. The van der Waals surface area contributed by atoms with E-state index in [9.17, 15) is 9.90 Å². The molecule has 2 aliphatic carbocycles. The highest BCUT2D eigenvalue weighted by molar-refractivity contribution is 5.85. The van der Waals surface area contributed by atoms with Gasteiger partial charge in [0.05, 0.1) is 6.10 Å². The Hall–Kier alpha value is -1.13. The lowest BCUT2D eigenvalue weighted by Gasteiger charge is -2.58. The Bertz CT molecular complexity index is 607. The highest BCUT2D eigenvalue weighted by Gasteiger charge is 2.54. The first-order valence-electron chi connectivity index (χ1n) is 9.52. The average Bonchev–Trinajstić information content (AvgIpc) is 2.95. The molecule has 3 aliphatic rings. The van der Waals surface area contributed by atoms with E-state index in [1.54, 1.807) is 0 Å². The number of hydrogen-bond donors (Lipinski definition) is 1. The molecular weight excluding hydrogens is 316 g/mol. The van der Waals surface area contributed by atoms with E-state index in [-0.39, 0.29) is 10.8 Å². The Morgan fingerprint density at radius 3 is 2.80 bits per heavy atom. The molecular formula is C21H32O4. The summed E-state index contributed by atoms with van der Waals surface area (Å²) >= 11 is 0. The normalized spacial score (nSPS) is 42.3. The summed E-state index contributed by atoms with van der Waals surface area (Å²) in [5, 5.41) is 10.9. The van der Waals surface area contributed by atoms with Gasteiger partial charge < -0.3 is 14.6 Å². The van der Waals surface area contributed by atoms with Gasteiger partial charge >= 0.3 is 5.97 Å². The first kappa shape index (κ1) is 18.7. The second kappa shape index (κ2) is 6.55. The maximum atomic E-state index is 11.6. The molecule has 0 aromatic rings. The summed E-state index contributed by atoms with van der Waals surface area (Å²) < 4.78 is 10.3. The molecule has 0 radical (unpaired) electrons. The van der Waals surface area contributed by atoms with Crippen molar-refractivity contribution in [3.8, 4) is 0 Å². The van der Waals surface area contributed by atoms with Crippen LogP contribution in [0.4, 0.5) is 0 Å². The van der Waals surface area contributed by atoms with Crippen LogP contribution in [0.25, 0.3) is 0 Å². The third-order valence-corrected chi connectivity index (χ3v) is 7.61. The molecule has 4 nitrogen and oxygen atoms in total. The number of carbonyl (C=O) groups excluding carboxylic acids is 1. The van der Waals surface area contributed by atoms with E-state index < -0.39 is 18.4 Å². The monoisotopic (exact) mass is 348 g/mol. The Labute approximate surface area is 151 Å². The number of ether oxygens (including phenoxy) is 2. The molecule has 1 heterocycles. The first-order chi connectivity index (χ1) is 11.7. The average molecular weight is 348 g/mol. The van der Waals surface area contributed by atoms with Crippen LogP contribution in [-0.2, 0) is 14.3 Å². The van der Waals surface area contributed by atoms with Crippen LogP contribution in [0, 0.1) is 22.7 Å². The first-order valence-corrected chi connectivity index (χ1v) is 9.52. The maximum absolute atomic E-state index is 11.6. The van der Waals surface area contributed by atoms with E-state index in [4.69, 9.17) is 9.47 Å². The number of fused-ring (bicyclic) bond motifs is 1. The molecule has 1 N–H and O–H groups in total. The maximum Gasteiger partial charge on any atom is 0.333 e. The summed E-state index contributed by atoms with van der Waals surface area (Å²) in [6, 6.07) is 0. The predicted octanol–water partition coefficient (Wildman–Crippen LogP) is 3.99. The van der Waals surface area contributed by atoms with Crippen LogP contribution in [-0.4, -0.2) is 30.6 Å². The van der Waals surface area contributed by atoms with Crippen LogP contribution >= 0.6 is 0 Å². The number of esters is 1. The Morgan fingerprint density at radius 2 is 2.12 bits per heavy atom. The summed E-state index contributed by atoms with van der Waals surface area (Å²) in [5.41, 5.74) is 2.31. The van der Waals surface area contributed by atoms with Crippen molar-refractivity contribution in [2.24, 2.45) is 22.7 Å². The van der Waals surface area contributed by atoms with Crippen LogP contribution < -0.4 is 0 Å². The van der Waals surface area contributed by atoms with Crippen LogP contribution in [0.5, 0.6) is 0 Å². The number of carbonyl (C=O) groups is 1. The van der Waals surface area contributed by atoms with Crippen molar-refractivity contribution in [2.45, 2.75) is 72.2 Å². The van der Waals surface area contributed by atoms with E-state index >= 15 is 0 Å². The van der Waals surface area contributed by atoms with Gasteiger partial charge in [-0.05, 0) is 61.7 Å². The van der Waals surface area contributed by atoms with Gasteiger partial charge in [0, 0.05) is 18.8 Å². The number of allylic oxidation sites excluding steroid dienone is 2. The smallest absolute Gasteiger partial charge is 0.333 e. The number of cyclic esters (lactones) is 1. The van der Waals surface area contributed by atoms with Gasteiger partial charge in [-0.25, -0.2) is 4.79 Å². The minimum Gasteiger partial charge on any atom is -0.428 e. The zero-order valence-corrected chi connectivity index (χ0v) is 16.2. The summed E-state index contributed by atoms with van der Waals surface area (Å²) in [6.07, 6.45) is 7.67. The minimum absolute atomic E-state index is 0.0205. The van der Waals surface area contributed by atoms with Crippen molar-refractivity contribution in [1.82, 2.24) is 0 Å². The number of aliphatic hydroxyl groups excluding tert-OH is 1. The quantitative estimate of drug-likeness (QED) is 0.616. The molecule has 140 valence electrons. The van der Waals surface area contributed by atoms with Gasteiger partial charge in [-0.15, -0.1) is 0 Å². The zero-order chi connectivity index (χ0) is 18.4.